The highest BCUT2D eigenvalue weighted by Gasteiger charge is 2.27. The number of nitrogens with zero attached hydrogens (tertiary/aromatic N) is 1. The quantitative estimate of drug-likeness (QED) is 0.797. The first-order valence-electron chi connectivity index (χ1n) is 7.25. The van der Waals surface area contributed by atoms with E-state index in [1.54, 1.807) is 0 Å². The Kier molecular flexibility index (Phi) is 5.00. The van der Waals surface area contributed by atoms with Gasteiger partial charge < -0.3 is 15.4 Å². The van der Waals surface area contributed by atoms with Crippen LogP contribution < -0.4 is 5.73 Å². The van der Waals surface area contributed by atoms with E-state index in [0.717, 1.165) is 11.1 Å². The van der Waals surface area contributed by atoms with E-state index in [1.807, 2.05) is 43.9 Å². The lowest BCUT2D eigenvalue weighted by Gasteiger charge is -2.35. The molecule has 112 valence electrons. The highest BCUT2D eigenvalue weighted by Crippen LogP contribution is 2.17. The Hall–Kier alpha value is -1.83. The van der Waals surface area contributed by atoms with Crippen LogP contribution in [0.3, 0.4) is 0 Å². The van der Waals surface area contributed by atoms with Gasteiger partial charge in [0.15, 0.2) is 0 Å². The van der Waals surface area contributed by atoms with Crippen LogP contribution in [0.5, 0.6) is 0 Å². The first kappa shape index (κ1) is 15.6. The molecular formula is C17H22N2O2. The third-order valence-electron chi connectivity index (χ3n) is 3.51. The van der Waals surface area contributed by atoms with Crippen LogP contribution in [-0.4, -0.2) is 42.6 Å². The molecule has 1 aliphatic rings. The number of ether oxygens (including phenoxy) is 1. The number of carbonyl (C=O) groups is 1. The fraction of sp³-hybridized carbons (Fsp3) is 0.471. The lowest BCUT2D eigenvalue weighted by Crippen LogP contribution is -2.48. The standard InChI is InChI=1S/C17H22N2O2/c1-12-6-7-15(5-4-8-18)9-16(12)17(20)19-10-13(2)21-14(3)11-19/h6-7,9,13-14H,8,10-11,18H2,1-3H3. The van der Waals surface area contributed by atoms with Gasteiger partial charge in [-0.05, 0) is 38.5 Å². The fourth-order valence-corrected chi connectivity index (χ4v) is 2.60. The molecule has 0 aromatic heterocycles. The van der Waals surface area contributed by atoms with Gasteiger partial charge in [-0.15, -0.1) is 0 Å². The Balaban J connectivity index is 2.25. The molecular weight excluding hydrogens is 264 g/mol. The Morgan fingerprint density at radius 3 is 2.67 bits per heavy atom. The van der Waals surface area contributed by atoms with Gasteiger partial charge in [-0.2, -0.15) is 0 Å². The normalized spacial score (nSPS) is 21.6. The van der Waals surface area contributed by atoms with E-state index in [9.17, 15) is 4.79 Å². The molecule has 2 unspecified atom stereocenters. The molecule has 4 nitrogen and oxygen atoms in total. The van der Waals surface area contributed by atoms with Gasteiger partial charge in [-0.1, -0.05) is 17.9 Å². The van der Waals surface area contributed by atoms with Crippen molar-refractivity contribution < 1.29 is 9.53 Å². The number of aryl methyl sites for hydroxylation is 1. The van der Waals surface area contributed by atoms with Crippen molar-refractivity contribution in [1.82, 2.24) is 4.90 Å². The first-order valence-corrected chi connectivity index (χ1v) is 7.25. The molecule has 0 saturated carbocycles. The minimum absolute atomic E-state index is 0.0471. The molecule has 2 atom stereocenters. The van der Waals surface area contributed by atoms with E-state index in [0.29, 0.717) is 25.2 Å². The number of carbonyl (C=O) groups excluding carboxylic acids is 1. The average Bonchev–Trinajstić information content (AvgIpc) is 2.44. The summed E-state index contributed by atoms with van der Waals surface area (Å²) >= 11 is 0. The van der Waals surface area contributed by atoms with Gasteiger partial charge in [0.1, 0.15) is 0 Å². The van der Waals surface area contributed by atoms with Crippen molar-refractivity contribution in [2.24, 2.45) is 5.73 Å². The van der Waals surface area contributed by atoms with Gasteiger partial charge in [0.2, 0.25) is 0 Å². The van der Waals surface area contributed by atoms with Gasteiger partial charge in [0.05, 0.1) is 18.8 Å². The molecule has 0 bridgehead atoms. The Bertz CT molecular complexity index is 576. The summed E-state index contributed by atoms with van der Waals surface area (Å²) < 4.78 is 5.68. The molecule has 4 heteroatoms. The van der Waals surface area contributed by atoms with E-state index in [4.69, 9.17) is 10.5 Å². The molecule has 2 rings (SSSR count). The third-order valence-corrected chi connectivity index (χ3v) is 3.51. The van der Waals surface area contributed by atoms with Crippen molar-refractivity contribution >= 4 is 5.91 Å². The number of hydrogen-bond donors (Lipinski definition) is 1. The summed E-state index contributed by atoms with van der Waals surface area (Å²) in [5, 5.41) is 0. The van der Waals surface area contributed by atoms with E-state index in [-0.39, 0.29) is 18.1 Å². The first-order chi connectivity index (χ1) is 10.0. The lowest BCUT2D eigenvalue weighted by atomic mass is 10.0. The second kappa shape index (κ2) is 6.75. The summed E-state index contributed by atoms with van der Waals surface area (Å²) in [4.78, 5) is 14.6. The highest BCUT2D eigenvalue weighted by atomic mass is 16.5. The minimum Gasteiger partial charge on any atom is -0.372 e. The van der Waals surface area contributed by atoms with Crippen molar-refractivity contribution in [3.8, 4) is 11.8 Å². The molecule has 1 fully saturated rings. The van der Waals surface area contributed by atoms with Crippen LogP contribution in [0.15, 0.2) is 18.2 Å². The summed E-state index contributed by atoms with van der Waals surface area (Å²) in [7, 11) is 0. The van der Waals surface area contributed by atoms with Crippen LogP contribution in [0.1, 0.15) is 35.3 Å². The second-order valence-corrected chi connectivity index (χ2v) is 5.50. The van der Waals surface area contributed by atoms with Crippen molar-refractivity contribution in [3.05, 3.63) is 34.9 Å². The number of hydrogen-bond acceptors (Lipinski definition) is 3. The number of amides is 1. The summed E-state index contributed by atoms with van der Waals surface area (Å²) in [6, 6.07) is 5.70. The van der Waals surface area contributed by atoms with Crippen LogP contribution in [0.25, 0.3) is 0 Å². The van der Waals surface area contributed by atoms with Gasteiger partial charge >= 0.3 is 0 Å². The van der Waals surface area contributed by atoms with Gasteiger partial charge in [-0.25, -0.2) is 0 Å². The molecule has 2 N–H and O–H groups in total. The Labute approximate surface area is 126 Å². The van der Waals surface area contributed by atoms with Gasteiger partial charge in [0, 0.05) is 24.2 Å². The van der Waals surface area contributed by atoms with Crippen molar-refractivity contribution in [2.75, 3.05) is 19.6 Å². The largest absolute Gasteiger partial charge is 0.372 e. The van der Waals surface area contributed by atoms with Crippen LogP contribution in [-0.2, 0) is 4.74 Å². The second-order valence-electron chi connectivity index (χ2n) is 5.50. The number of benzene rings is 1. The van der Waals surface area contributed by atoms with E-state index >= 15 is 0 Å². The van der Waals surface area contributed by atoms with Crippen LogP contribution >= 0.6 is 0 Å². The summed E-state index contributed by atoms with van der Waals surface area (Å²) in [5.74, 6) is 5.84. The topological polar surface area (TPSA) is 55.6 Å². The molecule has 1 saturated heterocycles. The Morgan fingerprint density at radius 1 is 1.38 bits per heavy atom. The van der Waals surface area contributed by atoms with Gasteiger partial charge in [0.25, 0.3) is 5.91 Å². The maximum atomic E-state index is 12.7. The number of morpholine rings is 1. The predicted octanol–water partition coefficient (Wildman–Crippen LogP) is 1.55. The average molecular weight is 286 g/mol. The summed E-state index contributed by atoms with van der Waals surface area (Å²) in [6.45, 7) is 7.50. The lowest BCUT2D eigenvalue weighted by molar-refractivity contribution is -0.0586. The maximum absolute atomic E-state index is 12.7. The smallest absolute Gasteiger partial charge is 0.254 e. The predicted molar refractivity (Wildman–Crippen MR) is 83.0 cm³/mol. The molecule has 1 aromatic carbocycles. The molecule has 0 spiro atoms. The third kappa shape index (κ3) is 3.84. The summed E-state index contributed by atoms with van der Waals surface area (Å²) in [6.07, 6.45) is 0.136. The van der Waals surface area contributed by atoms with Crippen LogP contribution in [0, 0.1) is 18.8 Å². The monoisotopic (exact) mass is 286 g/mol. The fourth-order valence-electron chi connectivity index (χ4n) is 2.60. The van der Waals surface area contributed by atoms with Crippen molar-refractivity contribution in [1.29, 1.82) is 0 Å². The maximum Gasteiger partial charge on any atom is 0.254 e. The molecule has 1 aromatic rings. The van der Waals surface area contributed by atoms with Crippen molar-refractivity contribution in [3.63, 3.8) is 0 Å². The number of rotatable bonds is 1. The molecule has 1 heterocycles. The Morgan fingerprint density at radius 2 is 2.05 bits per heavy atom. The minimum atomic E-state index is 0.0471. The molecule has 0 aliphatic carbocycles. The van der Waals surface area contributed by atoms with E-state index in [1.165, 1.54) is 0 Å². The zero-order valence-corrected chi connectivity index (χ0v) is 12.8. The van der Waals surface area contributed by atoms with Gasteiger partial charge in [-0.3, -0.25) is 4.79 Å². The molecule has 0 radical (unpaired) electrons. The van der Waals surface area contributed by atoms with Crippen LogP contribution in [0.4, 0.5) is 0 Å². The van der Waals surface area contributed by atoms with E-state index < -0.39 is 0 Å². The highest BCUT2D eigenvalue weighted by molar-refractivity contribution is 5.96. The summed E-state index contributed by atoms with van der Waals surface area (Å²) in [5.41, 5.74) is 7.88. The van der Waals surface area contributed by atoms with E-state index in [2.05, 4.69) is 11.8 Å². The SMILES string of the molecule is Cc1ccc(C#CCN)cc1C(=O)N1CC(C)OC(C)C1. The molecule has 21 heavy (non-hydrogen) atoms. The zero-order chi connectivity index (χ0) is 15.4. The zero-order valence-electron chi connectivity index (χ0n) is 12.8. The van der Waals surface area contributed by atoms with Crippen molar-refractivity contribution in [2.45, 2.75) is 33.0 Å². The number of nitrogens with two attached hydrogens (primary N) is 1. The molecule has 1 amide bonds. The van der Waals surface area contributed by atoms with Crippen LogP contribution in [0.2, 0.25) is 0 Å². The molecule has 1 aliphatic heterocycles.